The average molecular weight is 286 g/mol. The standard InChI is InChI=1S/C14H26N2O4/c1-8-10(15)6-5-9(14(8,2)3)12(17)16-11(7-20-4)13(18)19/h8-11H,5-7,15H2,1-4H3,(H,16,17)(H,18,19). The normalized spacial score (nSPS) is 30.6. The minimum Gasteiger partial charge on any atom is -0.480 e. The molecule has 1 aliphatic rings. The average Bonchev–Trinajstić information content (AvgIpc) is 2.35. The summed E-state index contributed by atoms with van der Waals surface area (Å²) in [6.07, 6.45) is 1.47. The van der Waals surface area contributed by atoms with Crippen molar-refractivity contribution in [2.45, 2.75) is 45.7 Å². The predicted octanol–water partition coefficient (Wildman–Crippen LogP) is 0.602. The van der Waals surface area contributed by atoms with Gasteiger partial charge < -0.3 is 20.9 Å². The molecule has 0 radical (unpaired) electrons. The largest absolute Gasteiger partial charge is 0.480 e. The molecule has 0 aliphatic heterocycles. The topological polar surface area (TPSA) is 102 Å². The van der Waals surface area contributed by atoms with Crippen LogP contribution >= 0.6 is 0 Å². The second-order valence-corrected chi connectivity index (χ2v) is 6.26. The Morgan fingerprint density at radius 1 is 1.45 bits per heavy atom. The third kappa shape index (κ3) is 3.49. The molecule has 4 unspecified atom stereocenters. The monoisotopic (exact) mass is 286 g/mol. The lowest BCUT2D eigenvalue weighted by molar-refractivity contribution is -0.145. The molecule has 0 saturated heterocycles. The summed E-state index contributed by atoms with van der Waals surface area (Å²) in [5.74, 6) is -1.33. The molecule has 20 heavy (non-hydrogen) atoms. The number of nitrogens with one attached hydrogen (secondary N) is 1. The van der Waals surface area contributed by atoms with Gasteiger partial charge in [0.1, 0.15) is 0 Å². The number of amides is 1. The number of ether oxygens (including phenoxy) is 1. The van der Waals surface area contributed by atoms with Crippen LogP contribution in [0.2, 0.25) is 0 Å². The van der Waals surface area contributed by atoms with Crippen molar-refractivity contribution in [1.29, 1.82) is 0 Å². The molecule has 0 aromatic heterocycles. The van der Waals surface area contributed by atoms with Crippen molar-refractivity contribution in [2.24, 2.45) is 23.0 Å². The lowest BCUT2D eigenvalue weighted by atomic mass is 9.61. The van der Waals surface area contributed by atoms with Crippen LogP contribution in [-0.2, 0) is 14.3 Å². The zero-order chi connectivity index (χ0) is 15.5. The molecule has 1 aliphatic carbocycles. The van der Waals surface area contributed by atoms with E-state index in [9.17, 15) is 9.59 Å². The Labute approximate surface area is 120 Å². The first-order chi connectivity index (χ1) is 9.21. The summed E-state index contributed by atoms with van der Waals surface area (Å²) >= 11 is 0. The number of carboxylic acids is 1. The zero-order valence-corrected chi connectivity index (χ0v) is 12.7. The Morgan fingerprint density at radius 2 is 2.05 bits per heavy atom. The Hall–Kier alpha value is -1.14. The highest BCUT2D eigenvalue weighted by Gasteiger charge is 2.45. The molecule has 4 N–H and O–H groups in total. The molecule has 1 saturated carbocycles. The molecule has 1 rings (SSSR count). The number of carbonyl (C=O) groups excluding carboxylic acids is 1. The summed E-state index contributed by atoms with van der Waals surface area (Å²) in [6.45, 7) is 6.05. The van der Waals surface area contributed by atoms with Crippen molar-refractivity contribution in [1.82, 2.24) is 5.32 Å². The van der Waals surface area contributed by atoms with E-state index in [0.29, 0.717) is 6.42 Å². The molecule has 0 aromatic rings. The lowest BCUT2D eigenvalue weighted by Gasteiger charge is -2.46. The number of nitrogens with two attached hydrogens (primary N) is 1. The molecule has 0 bridgehead atoms. The molecule has 1 amide bonds. The number of carboxylic acid groups (broad SMARTS) is 1. The number of rotatable bonds is 5. The number of hydrogen-bond donors (Lipinski definition) is 3. The molecule has 0 aromatic carbocycles. The molecule has 4 atom stereocenters. The van der Waals surface area contributed by atoms with Crippen LogP contribution in [0.3, 0.4) is 0 Å². The van der Waals surface area contributed by atoms with Crippen LogP contribution in [0, 0.1) is 17.3 Å². The van der Waals surface area contributed by atoms with Crippen LogP contribution in [0.4, 0.5) is 0 Å². The second kappa shape index (κ2) is 6.54. The van der Waals surface area contributed by atoms with Crippen molar-refractivity contribution >= 4 is 11.9 Å². The third-order valence-corrected chi connectivity index (χ3v) is 4.77. The highest BCUT2D eigenvalue weighted by atomic mass is 16.5. The number of aliphatic carboxylic acids is 1. The van der Waals surface area contributed by atoms with Gasteiger partial charge in [-0.1, -0.05) is 20.8 Å². The number of methoxy groups -OCH3 is 1. The quantitative estimate of drug-likeness (QED) is 0.687. The first-order valence-electron chi connectivity index (χ1n) is 6.99. The first-order valence-corrected chi connectivity index (χ1v) is 6.99. The van der Waals surface area contributed by atoms with Crippen LogP contribution in [0.25, 0.3) is 0 Å². The van der Waals surface area contributed by atoms with Gasteiger partial charge in [0, 0.05) is 19.1 Å². The fourth-order valence-corrected chi connectivity index (χ4v) is 2.93. The Kier molecular flexibility index (Phi) is 5.53. The summed E-state index contributed by atoms with van der Waals surface area (Å²) in [7, 11) is 1.41. The van der Waals surface area contributed by atoms with Gasteiger partial charge >= 0.3 is 5.97 Å². The molecule has 116 valence electrons. The third-order valence-electron chi connectivity index (χ3n) is 4.77. The highest BCUT2D eigenvalue weighted by molar-refractivity contribution is 5.85. The Morgan fingerprint density at radius 3 is 2.55 bits per heavy atom. The van der Waals surface area contributed by atoms with E-state index < -0.39 is 12.0 Å². The molecular weight excluding hydrogens is 260 g/mol. The van der Waals surface area contributed by atoms with Crippen molar-refractivity contribution in [3.63, 3.8) is 0 Å². The van der Waals surface area contributed by atoms with Gasteiger partial charge in [0.25, 0.3) is 0 Å². The Balaban J connectivity index is 2.78. The van der Waals surface area contributed by atoms with Crippen molar-refractivity contribution in [3.05, 3.63) is 0 Å². The zero-order valence-electron chi connectivity index (χ0n) is 12.7. The van der Waals surface area contributed by atoms with E-state index in [1.807, 2.05) is 20.8 Å². The van der Waals surface area contributed by atoms with E-state index in [1.165, 1.54) is 7.11 Å². The van der Waals surface area contributed by atoms with Gasteiger partial charge in [0.05, 0.1) is 6.61 Å². The van der Waals surface area contributed by atoms with Crippen molar-refractivity contribution in [3.8, 4) is 0 Å². The van der Waals surface area contributed by atoms with Gasteiger partial charge in [-0.3, -0.25) is 4.79 Å². The van der Waals surface area contributed by atoms with Gasteiger partial charge in [-0.15, -0.1) is 0 Å². The van der Waals surface area contributed by atoms with Gasteiger partial charge in [-0.25, -0.2) is 4.79 Å². The van der Waals surface area contributed by atoms with Crippen LogP contribution < -0.4 is 11.1 Å². The van der Waals surface area contributed by atoms with Gasteiger partial charge in [0.15, 0.2) is 6.04 Å². The van der Waals surface area contributed by atoms with Crippen LogP contribution in [0.5, 0.6) is 0 Å². The predicted molar refractivity (Wildman–Crippen MR) is 75.1 cm³/mol. The number of carbonyl (C=O) groups is 2. The van der Waals surface area contributed by atoms with E-state index >= 15 is 0 Å². The fraction of sp³-hybridized carbons (Fsp3) is 0.857. The maximum absolute atomic E-state index is 12.4. The number of hydrogen-bond acceptors (Lipinski definition) is 4. The van der Waals surface area contributed by atoms with Crippen LogP contribution in [0.15, 0.2) is 0 Å². The van der Waals surface area contributed by atoms with Gasteiger partial charge in [0.2, 0.25) is 5.91 Å². The SMILES string of the molecule is COCC(NC(=O)C1CCC(N)C(C)C1(C)C)C(=O)O. The van der Waals surface area contributed by atoms with Crippen molar-refractivity contribution < 1.29 is 19.4 Å². The summed E-state index contributed by atoms with van der Waals surface area (Å²) < 4.78 is 4.83. The minimum absolute atomic E-state index is 0.0384. The summed E-state index contributed by atoms with van der Waals surface area (Å²) in [4.78, 5) is 23.5. The molecule has 0 spiro atoms. The van der Waals surface area contributed by atoms with Crippen LogP contribution in [0.1, 0.15) is 33.6 Å². The summed E-state index contributed by atoms with van der Waals surface area (Å²) in [5.41, 5.74) is 5.82. The molecule has 1 fully saturated rings. The maximum atomic E-state index is 12.4. The smallest absolute Gasteiger partial charge is 0.328 e. The Bertz CT molecular complexity index is 370. The minimum atomic E-state index is -1.08. The van der Waals surface area contributed by atoms with E-state index in [-0.39, 0.29) is 35.8 Å². The van der Waals surface area contributed by atoms with E-state index in [2.05, 4.69) is 5.32 Å². The molecule has 6 heteroatoms. The summed E-state index contributed by atoms with van der Waals surface area (Å²) in [5, 5.41) is 11.6. The van der Waals surface area contributed by atoms with Crippen molar-refractivity contribution in [2.75, 3.05) is 13.7 Å². The lowest BCUT2D eigenvalue weighted by Crippen LogP contribution is -2.54. The van der Waals surface area contributed by atoms with Gasteiger partial charge in [-0.05, 0) is 24.2 Å². The molecule has 6 nitrogen and oxygen atoms in total. The summed E-state index contributed by atoms with van der Waals surface area (Å²) in [6, 6.07) is -0.919. The van der Waals surface area contributed by atoms with E-state index in [4.69, 9.17) is 15.6 Å². The second-order valence-electron chi connectivity index (χ2n) is 6.26. The first kappa shape index (κ1) is 16.9. The van der Waals surface area contributed by atoms with Crippen LogP contribution in [-0.4, -0.2) is 42.8 Å². The molecular formula is C14H26N2O4. The van der Waals surface area contributed by atoms with E-state index in [0.717, 1.165) is 6.42 Å². The van der Waals surface area contributed by atoms with E-state index in [1.54, 1.807) is 0 Å². The fourth-order valence-electron chi connectivity index (χ4n) is 2.93. The highest BCUT2D eigenvalue weighted by Crippen LogP contribution is 2.44. The maximum Gasteiger partial charge on any atom is 0.328 e. The van der Waals surface area contributed by atoms with Gasteiger partial charge in [-0.2, -0.15) is 0 Å². The molecule has 0 heterocycles.